The highest BCUT2D eigenvalue weighted by Crippen LogP contribution is 2.31. The number of nitrogens with zero attached hydrogens (tertiary/aromatic N) is 1. The average Bonchev–Trinajstić information content (AvgIpc) is 2.63. The standard InChI is InChI=1S/C11H16N2O2/c12-11(8-14)5-6-13(7-11)9-3-1-2-4-10(9)15/h1-4,14-15H,5-8,12H2. The lowest BCUT2D eigenvalue weighted by molar-refractivity contribution is 0.210. The molecule has 0 aliphatic carbocycles. The van der Waals surface area contributed by atoms with Crippen molar-refractivity contribution < 1.29 is 10.2 Å². The van der Waals surface area contributed by atoms with Gasteiger partial charge in [0.15, 0.2) is 0 Å². The second-order valence-corrected chi connectivity index (χ2v) is 4.18. The second-order valence-electron chi connectivity index (χ2n) is 4.18. The third-order valence-corrected chi connectivity index (χ3v) is 2.92. The van der Waals surface area contributed by atoms with Crippen LogP contribution in [-0.2, 0) is 0 Å². The quantitative estimate of drug-likeness (QED) is 0.653. The summed E-state index contributed by atoms with van der Waals surface area (Å²) in [6, 6.07) is 7.18. The molecule has 1 aromatic rings. The molecule has 0 aromatic heterocycles. The summed E-state index contributed by atoms with van der Waals surface area (Å²) in [4.78, 5) is 2.01. The number of nitrogens with two attached hydrogens (primary N) is 1. The fourth-order valence-corrected chi connectivity index (χ4v) is 1.96. The number of hydrogen-bond donors (Lipinski definition) is 3. The van der Waals surface area contributed by atoms with Crippen LogP contribution in [-0.4, -0.2) is 35.4 Å². The van der Waals surface area contributed by atoms with Crippen LogP contribution in [0.2, 0.25) is 0 Å². The normalized spacial score (nSPS) is 25.9. The van der Waals surface area contributed by atoms with Crippen molar-refractivity contribution in [2.45, 2.75) is 12.0 Å². The average molecular weight is 208 g/mol. The molecular weight excluding hydrogens is 192 g/mol. The van der Waals surface area contributed by atoms with Gasteiger partial charge in [-0.05, 0) is 18.6 Å². The molecule has 0 bridgehead atoms. The third kappa shape index (κ3) is 1.91. The molecule has 4 N–H and O–H groups in total. The highest BCUT2D eigenvalue weighted by Gasteiger charge is 2.34. The first-order valence-corrected chi connectivity index (χ1v) is 5.07. The van der Waals surface area contributed by atoms with Crippen molar-refractivity contribution in [3.05, 3.63) is 24.3 Å². The van der Waals surface area contributed by atoms with Crippen molar-refractivity contribution >= 4 is 5.69 Å². The monoisotopic (exact) mass is 208 g/mol. The lowest BCUT2D eigenvalue weighted by Gasteiger charge is -2.23. The number of rotatable bonds is 2. The Morgan fingerprint density at radius 1 is 1.40 bits per heavy atom. The molecule has 82 valence electrons. The number of phenolic OH excluding ortho intramolecular Hbond substituents is 1. The van der Waals surface area contributed by atoms with Crippen LogP contribution in [0.3, 0.4) is 0 Å². The Labute approximate surface area is 88.9 Å². The van der Waals surface area contributed by atoms with E-state index in [1.165, 1.54) is 0 Å². The molecule has 15 heavy (non-hydrogen) atoms. The molecule has 1 unspecified atom stereocenters. The molecule has 1 atom stereocenters. The highest BCUT2D eigenvalue weighted by molar-refractivity contribution is 5.58. The molecule has 1 saturated heterocycles. The minimum absolute atomic E-state index is 0.0168. The van der Waals surface area contributed by atoms with Crippen LogP contribution < -0.4 is 10.6 Å². The SMILES string of the molecule is NC1(CO)CCN(c2ccccc2O)C1. The van der Waals surface area contributed by atoms with Gasteiger partial charge in [-0.15, -0.1) is 0 Å². The van der Waals surface area contributed by atoms with Crippen molar-refractivity contribution in [3.8, 4) is 5.75 Å². The first-order chi connectivity index (χ1) is 7.14. The maximum Gasteiger partial charge on any atom is 0.138 e. The molecule has 1 fully saturated rings. The molecule has 0 spiro atoms. The van der Waals surface area contributed by atoms with E-state index in [1.807, 2.05) is 17.0 Å². The number of para-hydroxylation sites is 2. The summed E-state index contributed by atoms with van der Waals surface area (Å²) in [5.41, 5.74) is 6.23. The van der Waals surface area contributed by atoms with Crippen LogP contribution in [0.1, 0.15) is 6.42 Å². The molecule has 2 rings (SSSR count). The fraction of sp³-hybridized carbons (Fsp3) is 0.455. The van der Waals surface area contributed by atoms with E-state index in [0.717, 1.165) is 18.7 Å². The van der Waals surface area contributed by atoms with E-state index < -0.39 is 5.54 Å². The van der Waals surface area contributed by atoms with Gasteiger partial charge in [0.2, 0.25) is 0 Å². The number of aliphatic hydroxyl groups excluding tert-OH is 1. The van der Waals surface area contributed by atoms with Gasteiger partial charge < -0.3 is 20.8 Å². The Morgan fingerprint density at radius 3 is 2.73 bits per heavy atom. The summed E-state index contributed by atoms with van der Waals surface area (Å²) < 4.78 is 0. The van der Waals surface area contributed by atoms with Crippen LogP contribution in [0.25, 0.3) is 0 Å². The molecule has 4 nitrogen and oxygen atoms in total. The van der Waals surface area contributed by atoms with E-state index in [9.17, 15) is 5.11 Å². The topological polar surface area (TPSA) is 69.7 Å². The van der Waals surface area contributed by atoms with Gasteiger partial charge in [-0.25, -0.2) is 0 Å². The van der Waals surface area contributed by atoms with Crippen molar-refractivity contribution in [3.63, 3.8) is 0 Å². The van der Waals surface area contributed by atoms with Gasteiger partial charge in [0.05, 0.1) is 17.8 Å². The maximum atomic E-state index is 9.67. The first-order valence-electron chi connectivity index (χ1n) is 5.07. The zero-order valence-electron chi connectivity index (χ0n) is 8.56. The van der Waals surface area contributed by atoms with E-state index >= 15 is 0 Å². The molecule has 4 heteroatoms. The smallest absolute Gasteiger partial charge is 0.138 e. The van der Waals surface area contributed by atoms with Gasteiger partial charge >= 0.3 is 0 Å². The van der Waals surface area contributed by atoms with Crippen LogP contribution in [0.5, 0.6) is 5.75 Å². The van der Waals surface area contributed by atoms with Gasteiger partial charge in [-0.3, -0.25) is 0 Å². The van der Waals surface area contributed by atoms with Gasteiger partial charge in [-0.2, -0.15) is 0 Å². The summed E-state index contributed by atoms with van der Waals surface area (Å²) in [7, 11) is 0. The first kappa shape index (κ1) is 10.3. The van der Waals surface area contributed by atoms with E-state index in [4.69, 9.17) is 10.8 Å². The van der Waals surface area contributed by atoms with Crippen molar-refractivity contribution in [2.24, 2.45) is 5.73 Å². The number of benzene rings is 1. The third-order valence-electron chi connectivity index (χ3n) is 2.92. The fourth-order valence-electron chi connectivity index (χ4n) is 1.96. The van der Waals surface area contributed by atoms with Crippen molar-refractivity contribution in [2.75, 3.05) is 24.6 Å². The second kappa shape index (κ2) is 3.72. The summed E-state index contributed by atoms with van der Waals surface area (Å²) in [6.45, 7) is 1.34. The number of anilines is 1. The predicted octanol–water partition coefficient (Wildman–Crippen LogP) is 0.292. The van der Waals surface area contributed by atoms with Crippen LogP contribution in [0.15, 0.2) is 24.3 Å². The van der Waals surface area contributed by atoms with Crippen LogP contribution in [0, 0.1) is 0 Å². The summed E-state index contributed by atoms with van der Waals surface area (Å²) >= 11 is 0. The lowest BCUT2D eigenvalue weighted by atomic mass is 10.0. The lowest BCUT2D eigenvalue weighted by Crippen LogP contribution is -2.46. The Balaban J connectivity index is 2.18. The van der Waals surface area contributed by atoms with Crippen LogP contribution in [0.4, 0.5) is 5.69 Å². The van der Waals surface area contributed by atoms with Gasteiger partial charge in [0.25, 0.3) is 0 Å². The largest absolute Gasteiger partial charge is 0.506 e. The minimum atomic E-state index is -0.526. The van der Waals surface area contributed by atoms with E-state index in [2.05, 4.69) is 0 Å². The van der Waals surface area contributed by atoms with E-state index in [-0.39, 0.29) is 12.4 Å². The zero-order valence-corrected chi connectivity index (χ0v) is 8.56. The molecule has 1 aliphatic rings. The van der Waals surface area contributed by atoms with Crippen molar-refractivity contribution in [1.29, 1.82) is 0 Å². The summed E-state index contributed by atoms with van der Waals surface area (Å²) in [5.74, 6) is 0.264. The molecule has 0 radical (unpaired) electrons. The highest BCUT2D eigenvalue weighted by atomic mass is 16.3. The predicted molar refractivity (Wildman–Crippen MR) is 58.9 cm³/mol. The summed E-state index contributed by atoms with van der Waals surface area (Å²) in [5, 5.41) is 18.8. The molecule has 1 aromatic carbocycles. The Kier molecular flexibility index (Phi) is 2.54. The summed E-state index contributed by atoms with van der Waals surface area (Å²) in [6.07, 6.45) is 0.748. The molecule has 1 aliphatic heterocycles. The minimum Gasteiger partial charge on any atom is -0.506 e. The van der Waals surface area contributed by atoms with Crippen LogP contribution >= 0.6 is 0 Å². The Morgan fingerprint density at radius 2 is 2.13 bits per heavy atom. The molecule has 0 saturated carbocycles. The molecule has 1 heterocycles. The van der Waals surface area contributed by atoms with E-state index in [1.54, 1.807) is 12.1 Å². The number of phenols is 1. The van der Waals surface area contributed by atoms with Crippen molar-refractivity contribution in [1.82, 2.24) is 0 Å². The molecule has 0 amide bonds. The number of hydrogen-bond acceptors (Lipinski definition) is 4. The Hall–Kier alpha value is -1.26. The number of aliphatic hydroxyl groups is 1. The maximum absolute atomic E-state index is 9.67. The van der Waals surface area contributed by atoms with Gasteiger partial charge in [0.1, 0.15) is 5.75 Å². The van der Waals surface area contributed by atoms with Gasteiger partial charge in [-0.1, -0.05) is 12.1 Å². The van der Waals surface area contributed by atoms with E-state index in [0.29, 0.717) is 6.54 Å². The molecular formula is C11H16N2O2. The van der Waals surface area contributed by atoms with Gasteiger partial charge in [0, 0.05) is 13.1 Å². The zero-order chi connectivity index (χ0) is 10.9. The number of aromatic hydroxyl groups is 1. The Bertz CT molecular complexity index is 356.